The van der Waals surface area contributed by atoms with Crippen LogP contribution in [0.2, 0.25) is 0 Å². The second-order valence-electron chi connectivity index (χ2n) is 4.29. The summed E-state index contributed by atoms with van der Waals surface area (Å²) >= 11 is 1.43. The summed E-state index contributed by atoms with van der Waals surface area (Å²) in [5.74, 6) is 0.454. The molecule has 2 aromatic carbocycles. The van der Waals surface area contributed by atoms with Crippen LogP contribution < -0.4 is 0 Å². The lowest BCUT2D eigenvalue weighted by molar-refractivity contribution is 0.200. The van der Waals surface area contributed by atoms with Crippen LogP contribution in [0.4, 0.5) is 4.39 Å². The number of aromatic hydroxyl groups is 1. The Bertz CT molecular complexity index is 528. The molecule has 2 nitrogen and oxygen atoms in total. The van der Waals surface area contributed by atoms with Gasteiger partial charge in [-0.3, -0.25) is 0 Å². The molecule has 0 spiro atoms. The molecule has 19 heavy (non-hydrogen) atoms. The minimum absolute atomic E-state index is 0.215. The molecule has 1 unspecified atom stereocenters. The Hall–Kier alpha value is -1.52. The molecule has 0 bridgehead atoms. The second kappa shape index (κ2) is 6.59. The number of phenolic OH excluding ortho intramolecular Hbond substituents is 1. The first-order valence-corrected chi connectivity index (χ1v) is 6.96. The summed E-state index contributed by atoms with van der Waals surface area (Å²) < 4.78 is 13.0. The largest absolute Gasteiger partial charge is 0.508 e. The van der Waals surface area contributed by atoms with Gasteiger partial charge in [-0.2, -0.15) is 0 Å². The van der Waals surface area contributed by atoms with Crippen molar-refractivity contribution in [2.45, 2.75) is 17.4 Å². The van der Waals surface area contributed by atoms with Crippen LogP contribution in [0.1, 0.15) is 5.56 Å². The zero-order chi connectivity index (χ0) is 13.7. The lowest BCUT2D eigenvalue weighted by Gasteiger charge is -2.10. The van der Waals surface area contributed by atoms with Gasteiger partial charge >= 0.3 is 0 Å². The molecule has 2 rings (SSSR count). The van der Waals surface area contributed by atoms with Gasteiger partial charge in [-0.15, -0.1) is 11.8 Å². The summed E-state index contributed by atoms with van der Waals surface area (Å²) in [6.07, 6.45) is 0.0144. The Morgan fingerprint density at radius 3 is 2.53 bits per heavy atom. The molecule has 2 aromatic rings. The molecule has 0 amide bonds. The molecule has 100 valence electrons. The highest BCUT2D eigenvalue weighted by Crippen LogP contribution is 2.21. The molecular formula is C15H15FO2S. The fourth-order valence-corrected chi connectivity index (χ4v) is 2.59. The highest BCUT2D eigenvalue weighted by molar-refractivity contribution is 7.99. The first-order valence-electron chi connectivity index (χ1n) is 5.98. The van der Waals surface area contributed by atoms with Gasteiger partial charge < -0.3 is 10.2 Å². The van der Waals surface area contributed by atoms with E-state index in [1.807, 2.05) is 6.07 Å². The highest BCUT2D eigenvalue weighted by Gasteiger charge is 2.07. The minimum atomic E-state index is -0.502. The fraction of sp³-hybridized carbons (Fsp3) is 0.200. The van der Waals surface area contributed by atoms with E-state index in [0.717, 1.165) is 10.5 Å². The number of aliphatic hydroxyl groups excluding tert-OH is 1. The molecule has 0 saturated carbocycles. The Labute approximate surface area is 115 Å². The van der Waals surface area contributed by atoms with Crippen LogP contribution in [0.15, 0.2) is 53.4 Å². The number of benzene rings is 2. The van der Waals surface area contributed by atoms with Gasteiger partial charge in [-0.1, -0.05) is 18.2 Å². The maximum absolute atomic E-state index is 13.0. The van der Waals surface area contributed by atoms with Crippen molar-refractivity contribution in [3.63, 3.8) is 0 Å². The standard InChI is InChI=1S/C15H15FO2S/c16-12-2-1-3-15(9-12)19-10-14(18)8-11-4-6-13(17)7-5-11/h1-7,9,14,17-18H,8,10H2. The summed E-state index contributed by atoms with van der Waals surface area (Å²) in [5, 5.41) is 19.1. The molecule has 2 N–H and O–H groups in total. The molecule has 0 heterocycles. The number of hydrogen-bond acceptors (Lipinski definition) is 3. The Kier molecular flexibility index (Phi) is 4.82. The summed E-state index contributed by atoms with van der Waals surface area (Å²) in [5.41, 5.74) is 0.963. The van der Waals surface area contributed by atoms with E-state index in [1.165, 1.54) is 23.9 Å². The van der Waals surface area contributed by atoms with E-state index in [2.05, 4.69) is 0 Å². The molecule has 0 aromatic heterocycles. The molecule has 1 atom stereocenters. The van der Waals surface area contributed by atoms with Crippen molar-refractivity contribution in [3.8, 4) is 5.75 Å². The molecule has 0 saturated heterocycles. The van der Waals surface area contributed by atoms with E-state index in [0.29, 0.717) is 12.2 Å². The zero-order valence-electron chi connectivity index (χ0n) is 10.3. The lowest BCUT2D eigenvalue weighted by atomic mass is 10.1. The Balaban J connectivity index is 1.84. The van der Waals surface area contributed by atoms with Gasteiger partial charge in [0.25, 0.3) is 0 Å². The highest BCUT2D eigenvalue weighted by atomic mass is 32.2. The van der Waals surface area contributed by atoms with Crippen LogP contribution in [-0.4, -0.2) is 22.1 Å². The van der Waals surface area contributed by atoms with Crippen molar-refractivity contribution in [3.05, 3.63) is 59.9 Å². The monoisotopic (exact) mass is 278 g/mol. The van der Waals surface area contributed by atoms with Gasteiger partial charge in [0.15, 0.2) is 0 Å². The molecule has 0 fully saturated rings. The summed E-state index contributed by atoms with van der Waals surface area (Å²) in [4.78, 5) is 0.810. The van der Waals surface area contributed by atoms with Gasteiger partial charge in [0.2, 0.25) is 0 Å². The molecular weight excluding hydrogens is 263 g/mol. The normalized spacial score (nSPS) is 12.3. The summed E-state index contributed by atoms with van der Waals surface area (Å²) in [7, 11) is 0. The van der Waals surface area contributed by atoms with Crippen molar-refractivity contribution in [1.82, 2.24) is 0 Å². The molecule has 0 aliphatic carbocycles. The first-order chi connectivity index (χ1) is 9.13. The van der Waals surface area contributed by atoms with Crippen molar-refractivity contribution in [2.24, 2.45) is 0 Å². The van der Waals surface area contributed by atoms with Gasteiger partial charge in [0, 0.05) is 10.6 Å². The summed E-state index contributed by atoms with van der Waals surface area (Å²) in [6.45, 7) is 0. The number of halogens is 1. The lowest BCUT2D eigenvalue weighted by Crippen LogP contribution is -2.13. The van der Waals surface area contributed by atoms with Gasteiger partial charge in [0.05, 0.1) is 6.10 Å². The van der Waals surface area contributed by atoms with E-state index in [1.54, 1.807) is 30.3 Å². The Morgan fingerprint density at radius 1 is 1.11 bits per heavy atom. The predicted octanol–water partition coefficient (Wildman–Crippen LogP) is 3.23. The molecule has 0 radical (unpaired) electrons. The topological polar surface area (TPSA) is 40.5 Å². The molecule has 4 heteroatoms. The van der Waals surface area contributed by atoms with Crippen molar-refractivity contribution >= 4 is 11.8 Å². The molecule has 0 aliphatic heterocycles. The van der Waals surface area contributed by atoms with Crippen LogP contribution in [0.25, 0.3) is 0 Å². The third kappa shape index (κ3) is 4.58. The van der Waals surface area contributed by atoms with E-state index in [9.17, 15) is 9.50 Å². The Morgan fingerprint density at radius 2 is 1.84 bits per heavy atom. The first kappa shape index (κ1) is 13.9. The second-order valence-corrected chi connectivity index (χ2v) is 5.39. The van der Waals surface area contributed by atoms with Gasteiger partial charge in [-0.05, 0) is 42.3 Å². The quantitative estimate of drug-likeness (QED) is 0.825. The van der Waals surface area contributed by atoms with Gasteiger partial charge in [0.1, 0.15) is 11.6 Å². The van der Waals surface area contributed by atoms with Crippen LogP contribution in [-0.2, 0) is 6.42 Å². The number of rotatable bonds is 5. The zero-order valence-corrected chi connectivity index (χ0v) is 11.1. The van der Waals surface area contributed by atoms with Gasteiger partial charge in [-0.25, -0.2) is 4.39 Å². The average Bonchev–Trinajstić information content (AvgIpc) is 2.39. The van der Waals surface area contributed by atoms with E-state index in [-0.39, 0.29) is 11.6 Å². The van der Waals surface area contributed by atoms with Crippen molar-refractivity contribution < 1.29 is 14.6 Å². The van der Waals surface area contributed by atoms with E-state index < -0.39 is 6.10 Å². The number of thioether (sulfide) groups is 1. The molecule has 0 aliphatic rings. The van der Waals surface area contributed by atoms with Crippen LogP contribution >= 0.6 is 11.8 Å². The average molecular weight is 278 g/mol. The minimum Gasteiger partial charge on any atom is -0.508 e. The maximum atomic E-state index is 13.0. The SMILES string of the molecule is Oc1ccc(CC(O)CSc2cccc(F)c2)cc1. The van der Waals surface area contributed by atoms with Crippen LogP contribution in [0.5, 0.6) is 5.75 Å². The number of phenols is 1. The maximum Gasteiger partial charge on any atom is 0.124 e. The summed E-state index contributed by atoms with van der Waals surface area (Å²) in [6, 6.07) is 13.1. The van der Waals surface area contributed by atoms with Crippen molar-refractivity contribution in [2.75, 3.05) is 5.75 Å². The smallest absolute Gasteiger partial charge is 0.124 e. The van der Waals surface area contributed by atoms with Crippen molar-refractivity contribution in [1.29, 1.82) is 0 Å². The van der Waals surface area contributed by atoms with Crippen LogP contribution in [0.3, 0.4) is 0 Å². The van der Waals surface area contributed by atoms with E-state index >= 15 is 0 Å². The predicted molar refractivity (Wildman–Crippen MR) is 74.9 cm³/mol. The third-order valence-corrected chi connectivity index (χ3v) is 3.78. The number of hydrogen-bond donors (Lipinski definition) is 2. The van der Waals surface area contributed by atoms with E-state index in [4.69, 9.17) is 5.11 Å². The third-order valence-electron chi connectivity index (χ3n) is 2.65. The number of aliphatic hydroxyl groups is 1. The fourth-order valence-electron chi connectivity index (χ4n) is 1.71. The van der Waals surface area contributed by atoms with Crippen LogP contribution in [0, 0.1) is 5.82 Å².